The summed E-state index contributed by atoms with van der Waals surface area (Å²) in [6.07, 6.45) is 45.3. The highest BCUT2D eigenvalue weighted by Crippen LogP contribution is 2.48. The van der Waals surface area contributed by atoms with Gasteiger partial charge in [0.25, 0.3) is 0 Å². The third-order valence-electron chi connectivity index (χ3n) is 11.2. The molecule has 0 unspecified atom stereocenters. The number of H-pyrrole nitrogens is 2. The van der Waals surface area contributed by atoms with Crippen molar-refractivity contribution in [2.45, 2.75) is 0 Å². The maximum Gasteiger partial charge on any atom is 0.163 e. The zero-order chi connectivity index (χ0) is 50.1. The zero-order valence-corrected chi connectivity index (χ0v) is 38.4. The van der Waals surface area contributed by atoms with Crippen LogP contribution in [0.15, 0.2) is 72.8 Å². The van der Waals surface area contributed by atoms with Gasteiger partial charge in [0.1, 0.15) is 52.9 Å². The summed E-state index contributed by atoms with van der Waals surface area (Å²) >= 11 is 0. The van der Waals surface area contributed by atoms with E-state index >= 15 is 0 Å². The van der Waals surface area contributed by atoms with Gasteiger partial charge in [-0.05, 0) is 72.8 Å². The van der Waals surface area contributed by atoms with Gasteiger partial charge in [-0.1, -0.05) is 47.4 Å². The fraction of sp³-hybridized carbons (Fsp3) is 0.133. The van der Waals surface area contributed by atoms with Gasteiger partial charge in [0.05, 0.1) is 22.8 Å². The predicted octanol–water partition coefficient (Wildman–Crippen LogP) is 9.39. The molecule has 7 aromatic rings. The second kappa shape index (κ2) is 20.7. The minimum absolute atomic E-state index is 0.0370. The van der Waals surface area contributed by atoms with Gasteiger partial charge in [-0.25, -0.2) is 9.97 Å². The summed E-state index contributed by atoms with van der Waals surface area (Å²) in [5.41, 5.74) is 7.49. The van der Waals surface area contributed by atoms with Gasteiger partial charge < -0.3 is 47.9 Å². The van der Waals surface area contributed by atoms with Gasteiger partial charge in [-0.2, -0.15) is 0 Å². The number of nitrogens with one attached hydrogen (secondary N) is 2. The summed E-state index contributed by atoms with van der Waals surface area (Å²) < 4.78 is 48.3. The number of nitrogens with zero attached hydrogens (tertiary/aromatic N) is 2. The van der Waals surface area contributed by atoms with Crippen LogP contribution in [0.3, 0.4) is 0 Å². The van der Waals surface area contributed by atoms with Gasteiger partial charge in [0, 0.05) is 65.9 Å². The summed E-state index contributed by atoms with van der Waals surface area (Å²) in [6, 6.07) is 22.3. The van der Waals surface area contributed by atoms with Crippen LogP contribution in [0.4, 0.5) is 0 Å². The molecule has 2 aliphatic heterocycles. The largest absolute Gasteiger partial charge is 0.477 e. The van der Waals surface area contributed by atoms with E-state index in [2.05, 4.69) is 57.3 Å². The Morgan fingerprint density at radius 2 is 0.458 bits per heavy atom. The van der Waals surface area contributed by atoms with Crippen LogP contribution in [-0.2, 0) is 0 Å². The maximum absolute atomic E-state index is 6.05. The molecule has 0 fully saturated rings. The Labute approximate surface area is 415 Å². The molecule has 0 aliphatic carbocycles. The number of aromatic amines is 2. The minimum Gasteiger partial charge on any atom is -0.477 e. The van der Waals surface area contributed by atoms with Crippen molar-refractivity contribution in [3.05, 3.63) is 72.8 Å². The number of terminal acetylenes is 8. The number of hydrogen-bond donors (Lipinski definition) is 2. The molecule has 0 saturated carbocycles. The molecule has 72 heavy (non-hydrogen) atoms. The van der Waals surface area contributed by atoms with E-state index in [9.17, 15) is 0 Å². The van der Waals surface area contributed by atoms with E-state index in [0.29, 0.717) is 113 Å². The van der Waals surface area contributed by atoms with E-state index in [1.807, 2.05) is 72.8 Å². The summed E-state index contributed by atoms with van der Waals surface area (Å²) in [4.78, 5) is 17.9. The van der Waals surface area contributed by atoms with Crippen molar-refractivity contribution in [3.8, 4) is 190 Å². The smallest absolute Gasteiger partial charge is 0.163 e. The second-order valence-corrected chi connectivity index (χ2v) is 15.6. The second-order valence-electron chi connectivity index (χ2n) is 15.6. The molecule has 2 N–H and O–H groups in total. The van der Waals surface area contributed by atoms with Crippen LogP contribution in [0.25, 0.3) is 88.6 Å². The first-order valence-corrected chi connectivity index (χ1v) is 21.9. The van der Waals surface area contributed by atoms with Gasteiger partial charge in [-0.3, -0.25) is 0 Å². The van der Waals surface area contributed by atoms with Gasteiger partial charge in [0.2, 0.25) is 0 Å². The summed E-state index contributed by atoms with van der Waals surface area (Å²) in [6.45, 7) is -0.304. The number of aromatic nitrogens is 4. The van der Waals surface area contributed by atoms with Crippen LogP contribution in [0.2, 0.25) is 0 Å². The van der Waals surface area contributed by atoms with Crippen LogP contribution in [-0.4, -0.2) is 72.8 Å². The quantitative estimate of drug-likeness (QED) is 0.0904. The highest BCUT2D eigenvalue weighted by atomic mass is 16.5. The van der Waals surface area contributed by atoms with Crippen molar-refractivity contribution in [1.82, 2.24) is 19.9 Å². The van der Waals surface area contributed by atoms with E-state index in [1.54, 1.807) is 0 Å². The number of benzene rings is 4. The lowest BCUT2D eigenvalue weighted by atomic mass is 10.0. The fourth-order valence-electron chi connectivity index (χ4n) is 8.34. The Hall–Kier alpha value is -10.6. The Morgan fingerprint density at radius 3 is 0.639 bits per heavy atom. The van der Waals surface area contributed by atoms with E-state index in [4.69, 9.17) is 99.2 Å². The highest BCUT2D eigenvalue weighted by molar-refractivity contribution is 6.12. The molecular weight excluding hydrogens is 905 g/mol. The van der Waals surface area contributed by atoms with E-state index in [-0.39, 0.29) is 52.9 Å². The number of rotatable bonds is 16. The molecule has 12 heteroatoms. The van der Waals surface area contributed by atoms with Crippen LogP contribution < -0.4 is 37.9 Å². The fourth-order valence-corrected chi connectivity index (χ4v) is 8.34. The first-order chi connectivity index (χ1) is 35.3. The molecule has 0 atom stereocenters. The van der Waals surface area contributed by atoms with Gasteiger partial charge >= 0.3 is 0 Å². The first-order valence-electron chi connectivity index (χ1n) is 21.9. The third kappa shape index (κ3) is 9.08. The number of ether oxygens (including phenoxy) is 8. The molecule has 5 heterocycles. The first kappa shape index (κ1) is 46.5. The third-order valence-corrected chi connectivity index (χ3v) is 11.2. The van der Waals surface area contributed by atoms with Crippen LogP contribution in [0.5, 0.6) is 46.0 Å². The summed E-state index contributed by atoms with van der Waals surface area (Å²) in [5.74, 6) is 23.1. The van der Waals surface area contributed by atoms with Crippen LogP contribution >= 0.6 is 0 Å². The van der Waals surface area contributed by atoms with Crippen molar-refractivity contribution < 1.29 is 37.9 Å². The van der Waals surface area contributed by atoms with Gasteiger partial charge in [0.15, 0.2) is 46.0 Å². The van der Waals surface area contributed by atoms with Crippen molar-refractivity contribution in [3.63, 3.8) is 0 Å². The molecular formula is C60H38N4O8. The molecule has 0 amide bonds. The average Bonchev–Trinajstić information content (AvgIpc) is 4.11. The highest BCUT2D eigenvalue weighted by Gasteiger charge is 2.25. The standard InChI is InChI=1S/C60H38N4O8/c1-9-17-65-53-25-37-38(26-54(53)66-18-10-2)46-34-48-41-29-57(69-21-13-5)58(70-22-14-6)30-42(41)50(63-48)36-52-44-32-60(72-24-16-8)59(71-23-15-7)31-43(44)51(64-52)35-49-40-28-56(68-20-12-4)55(67-19-11-3)27-39(40)47(62-49)33-45(37)61-46/h1-8,25-36,61,64H,17-24H2. The molecule has 0 radical (unpaired) electrons. The van der Waals surface area contributed by atoms with Crippen molar-refractivity contribution in [1.29, 1.82) is 0 Å². The predicted molar refractivity (Wildman–Crippen MR) is 279 cm³/mol. The Kier molecular flexibility index (Phi) is 13.4. The summed E-state index contributed by atoms with van der Waals surface area (Å²) in [5, 5.41) is 2.88. The molecule has 346 valence electrons. The minimum atomic E-state index is -0.0390. The lowest BCUT2D eigenvalue weighted by molar-refractivity contribution is 0.315. The molecule has 3 aromatic heterocycles. The molecule has 8 bridgehead atoms. The van der Waals surface area contributed by atoms with E-state index in [1.165, 1.54) is 0 Å². The molecule has 12 nitrogen and oxygen atoms in total. The Balaban J connectivity index is 1.46. The van der Waals surface area contributed by atoms with Crippen LogP contribution in [0.1, 0.15) is 0 Å². The lowest BCUT2D eigenvalue weighted by Gasteiger charge is -2.12. The molecule has 0 spiro atoms. The number of hydrogen-bond acceptors (Lipinski definition) is 10. The molecule has 4 aromatic carbocycles. The van der Waals surface area contributed by atoms with Crippen molar-refractivity contribution >= 4 is 43.6 Å². The van der Waals surface area contributed by atoms with E-state index in [0.717, 1.165) is 21.5 Å². The summed E-state index contributed by atoms with van der Waals surface area (Å²) in [7, 11) is 0. The van der Waals surface area contributed by atoms with E-state index < -0.39 is 0 Å². The van der Waals surface area contributed by atoms with Crippen LogP contribution in [0, 0.1) is 98.8 Å². The topological polar surface area (TPSA) is 131 Å². The average molecular weight is 943 g/mol. The Bertz CT molecular complexity index is 3400. The van der Waals surface area contributed by atoms with Crippen molar-refractivity contribution in [2.24, 2.45) is 0 Å². The molecule has 0 saturated heterocycles. The number of fused-ring (bicyclic) bond motifs is 20. The molecule has 9 rings (SSSR count). The normalized spacial score (nSPS) is 10.6. The SMILES string of the molecule is C#CCOc1cc2c(cc1OCC#C)-c1cc3[nH]c(cc4nc(cc5[nH]c(cc-2n1)c1cc(OCC#C)c(OCC#C)cc51)-c1cc(OCC#C)c(OCC#C)cc1-4)c1cc(OCC#C)c(OCC#C)cc31. The maximum atomic E-state index is 6.05. The Morgan fingerprint density at radius 1 is 0.278 bits per heavy atom. The van der Waals surface area contributed by atoms with Gasteiger partial charge in [-0.15, -0.1) is 51.4 Å². The monoisotopic (exact) mass is 942 g/mol. The lowest BCUT2D eigenvalue weighted by Crippen LogP contribution is -2.00. The molecule has 2 aliphatic rings. The zero-order valence-electron chi connectivity index (χ0n) is 38.4. The van der Waals surface area contributed by atoms with Crippen molar-refractivity contribution in [2.75, 3.05) is 52.9 Å².